The van der Waals surface area contributed by atoms with Gasteiger partial charge >= 0.3 is 0 Å². The van der Waals surface area contributed by atoms with Crippen molar-refractivity contribution in [2.75, 3.05) is 0 Å². The molecule has 1 aromatic rings. The number of rotatable bonds is 1. The molecule has 1 aliphatic heterocycles. The Morgan fingerprint density at radius 2 is 2.27 bits per heavy atom. The highest BCUT2D eigenvalue weighted by molar-refractivity contribution is 4.97. The average Bonchev–Trinajstić information content (AvgIpc) is 2.47. The van der Waals surface area contributed by atoms with Crippen molar-refractivity contribution in [3.05, 3.63) is 11.6 Å². The van der Waals surface area contributed by atoms with Crippen LogP contribution in [0.3, 0.4) is 0 Å². The van der Waals surface area contributed by atoms with Crippen molar-refractivity contribution in [3.63, 3.8) is 0 Å². The first kappa shape index (κ1) is 6.79. The quantitative estimate of drug-likeness (QED) is 0.619. The number of nitrogens with zero attached hydrogens (tertiary/aromatic N) is 3. The number of aryl methyl sites for hydroxylation is 1. The number of nitrogens with two attached hydrogens (primary N) is 1. The van der Waals surface area contributed by atoms with E-state index in [0.717, 1.165) is 24.6 Å². The van der Waals surface area contributed by atoms with E-state index < -0.39 is 0 Å². The third kappa shape index (κ3) is 1.03. The van der Waals surface area contributed by atoms with Gasteiger partial charge in [-0.15, -0.1) is 10.2 Å². The summed E-state index contributed by atoms with van der Waals surface area (Å²) < 4.78 is 2.14. The second-order valence-electron chi connectivity index (χ2n) is 2.85. The van der Waals surface area contributed by atoms with Gasteiger partial charge in [-0.2, -0.15) is 0 Å². The van der Waals surface area contributed by atoms with Gasteiger partial charge in [-0.05, 0) is 12.8 Å². The molecule has 1 aromatic heterocycles. The molecule has 60 valence electrons. The van der Waals surface area contributed by atoms with Crippen LogP contribution in [0.1, 0.15) is 24.5 Å². The lowest BCUT2D eigenvalue weighted by atomic mass is 10.2. The summed E-state index contributed by atoms with van der Waals surface area (Å²) in [7, 11) is 0. The molecular weight excluding hydrogens is 140 g/mol. The molecule has 0 amide bonds. The van der Waals surface area contributed by atoms with Gasteiger partial charge in [-0.3, -0.25) is 0 Å². The third-order valence-corrected chi connectivity index (χ3v) is 2.12. The molecule has 0 saturated heterocycles. The van der Waals surface area contributed by atoms with Crippen molar-refractivity contribution in [2.24, 2.45) is 5.73 Å². The molecule has 0 aromatic carbocycles. The lowest BCUT2D eigenvalue weighted by molar-refractivity contribution is 0.508. The smallest absolute Gasteiger partial charge is 0.146 e. The fourth-order valence-corrected chi connectivity index (χ4v) is 1.52. The predicted octanol–water partition coefficient (Wildman–Crippen LogP) is 0.0731. The monoisotopic (exact) mass is 152 g/mol. The van der Waals surface area contributed by atoms with Gasteiger partial charge in [0.1, 0.15) is 11.6 Å². The fraction of sp³-hybridized carbons (Fsp3) is 0.714. The Morgan fingerprint density at radius 3 is 3.09 bits per heavy atom. The van der Waals surface area contributed by atoms with Gasteiger partial charge in [0, 0.05) is 13.0 Å². The Kier molecular flexibility index (Phi) is 1.62. The highest BCUT2D eigenvalue weighted by atomic mass is 15.3. The lowest BCUT2D eigenvalue weighted by Crippen LogP contribution is -2.15. The molecule has 0 bridgehead atoms. The molecule has 4 heteroatoms. The van der Waals surface area contributed by atoms with Crippen LogP contribution in [0.5, 0.6) is 0 Å². The summed E-state index contributed by atoms with van der Waals surface area (Å²) in [5.41, 5.74) is 5.50. The van der Waals surface area contributed by atoms with E-state index in [1.165, 1.54) is 12.8 Å². The van der Waals surface area contributed by atoms with Crippen LogP contribution in [0, 0.1) is 0 Å². The van der Waals surface area contributed by atoms with Crippen molar-refractivity contribution in [2.45, 2.75) is 32.4 Å². The first-order valence-corrected chi connectivity index (χ1v) is 4.03. The standard InChI is InChI=1S/C7H12N4/c8-5-7-10-9-6-3-1-2-4-11(6)7/h1-5,8H2. The van der Waals surface area contributed by atoms with E-state index >= 15 is 0 Å². The molecule has 0 fully saturated rings. The number of aromatic nitrogens is 3. The summed E-state index contributed by atoms with van der Waals surface area (Å²) >= 11 is 0. The SMILES string of the molecule is NCc1nnc2n1CCCC2. The summed E-state index contributed by atoms with van der Waals surface area (Å²) in [6.45, 7) is 1.56. The largest absolute Gasteiger partial charge is 0.324 e. The Hall–Kier alpha value is -0.900. The first-order chi connectivity index (χ1) is 5.42. The molecule has 11 heavy (non-hydrogen) atoms. The summed E-state index contributed by atoms with van der Waals surface area (Å²) in [6, 6.07) is 0. The molecule has 0 saturated carbocycles. The van der Waals surface area contributed by atoms with Gasteiger partial charge in [0.25, 0.3) is 0 Å². The van der Waals surface area contributed by atoms with Crippen LogP contribution < -0.4 is 5.73 Å². The topological polar surface area (TPSA) is 56.7 Å². The van der Waals surface area contributed by atoms with Crippen molar-refractivity contribution in [3.8, 4) is 0 Å². The van der Waals surface area contributed by atoms with E-state index in [9.17, 15) is 0 Å². The van der Waals surface area contributed by atoms with Crippen LogP contribution in [0.15, 0.2) is 0 Å². The Morgan fingerprint density at radius 1 is 1.36 bits per heavy atom. The molecule has 2 rings (SSSR count). The maximum atomic E-state index is 5.50. The zero-order chi connectivity index (χ0) is 7.68. The number of hydrogen-bond donors (Lipinski definition) is 1. The summed E-state index contributed by atoms with van der Waals surface area (Å²) in [6.07, 6.45) is 3.54. The molecule has 4 nitrogen and oxygen atoms in total. The molecule has 2 N–H and O–H groups in total. The molecule has 0 atom stereocenters. The Bertz CT molecular complexity index is 239. The van der Waals surface area contributed by atoms with Crippen LogP contribution >= 0.6 is 0 Å². The van der Waals surface area contributed by atoms with E-state index in [2.05, 4.69) is 14.8 Å². The van der Waals surface area contributed by atoms with Crippen LogP contribution in [-0.4, -0.2) is 14.8 Å². The minimum absolute atomic E-state index is 0.507. The van der Waals surface area contributed by atoms with Gasteiger partial charge in [-0.25, -0.2) is 0 Å². The summed E-state index contributed by atoms with van der Waals surface area (Å²) in [5.74, 6) is 2.04. The highest BCUT2D eigenvalue weighted by Gasteiger charge is 2.13. The van der Waals surface area contributed by atoms with E-state index in [-0.39, 0.29) is 0 Å². The second kappa shape index (κ2) is 2.62. The first-order valence-electron chi connectivity index (χ1n) is 4.03. The number of hydrogen-bond acceptors (Lipinski definition) is 3. The van der Waals surface area contributed by atoms with Crippen LogP contribution in [-0.2, 0) is 19.5 Å². The maximum Gasteiger partial charge on any atom is 0.146 e. The third-order valence-electron chi connectivity index (χ3n) is 2.12. The average molecular weight is 152 g/mol. The van der Waals surface area contributed by atoms with E-state index in [0.29, 0.717) is 6.54 Å². The molecule has 0 spiro atoms. The maximum absolute atomic E-state index is 5.50. The van der Waals surface area contributed by atoms with E-state index in [4.69, 9.17) is 5.73 Å². The molecular formula is C7H12N4. The van der Waals surface area contributed by atoms with Gasteiger partial charge in [0.15, 0.2) is 0 Å². The van der Waals surface area contributed by atoms with E-state index in [1.807, 2.05) is 0 Å². The zero-order valence-corrected chi connectivity index (χ0v) is 6.45. The highest BCUT2D eigenvalue weighted by Crippen LogP contribution is 2.13. The summed E-state index contributed by atoms with van der Waals surface area (Å²) in [4.78, 5) is 0. The zero-order valence-electron chi connectivity index (χ0n) is 6.45. The number of fused-ring (bicyclic) bond motifs is 1. The minimum Gasteiger partial charge on any atom is -0.324 e. The second-order valence-corrected chi connectivity index (χ2v) is 2.85. The van der Waals surface area contributed by atoms with Crippen LogP contribution in [0.4, 0.5) is 0 Å². The Labute approximate surface area is 65.4 Å². The molecule has 0 aliphatic carbocycles. The van der Waals surface area contributed by atoms with Gasteiger partial charge in [0.2, 0.25) is 0 Å². The Balaban J connectivity index is 2.38. The normalized spacial score (nSPS) is 16.5. The van der Waals surface area contributed by atoms with Crippen molar-refractivity contribution in [1.29, 1.82) is 0 Å². The van der Waals surface area contributed by atoms with Crippen molar-refractivity contribution < 1.29 is 0 Å². The van der Waals surface area contributed by atoms with Crippen molar-refractivity contribution >= 4 is 0 Å². The van der Waals surface area contributed by atoms with Crippen molar-refractivity contribution in [1.82, 2.24) is 14.8 Å². The van der Waals surface area contributed by atoms with Gasteiger partial charge < -0.3 is 10.3 Å². The van der Waals surface area contributed by atoms with Gasteiger partial charge in [0.05, 0.1) is 6.54 Å². The van der Waals surface area contributed by atoms with E-state index in [1.54, 1.807) is 0 Å². The minimum atomic E-state index is 0.507. The fourth-order valence-electron chi connectivity index (χ4n) is 1.52. The molecule has 1 aliphatic rings. The van der Waals surface area contributed by atoms with Gasteiger partial charge in [-0.1, -0.05) is 0 Å². The lowest BCUT2D eigenvalue weighted by Gasteiger charge is -2.13. The molecule has 0 radical (unpaired) electrons. The van der Waals surface area contributed by atoms with Crippen LogP contribution in [0.25, 0.3) is 0 Å². The molecule has 0 unspecified atom stereocenters. The molecule has 2 heterocycles. The summed E-state index contributed by atoms with van der Waals surface area (Å²) in [5, 5.41) is 8.06. The van der Waals surface area contributed by atoms with Crippen LogP contribution in [0.2, 0.25) is 0 Å². The predicted molar refractivity (Wildman–Crippen MR) is 40.9 cm³/mol.